The molecule has 2 nitrogen and oxygen atoms in total. The number of aryl methyl sites for hydroxylation is 1. The van der Waals surface area contributed by atoms with Crippen molar-refractivity contribution in [1.82, 2.24) is 4.98 Å². The normalized spacial score (nSPS) is 12.0. The lowest BCUT2D eigenvalue weighted by molar-refractivity contribution is 1.25. The van der Waals surface area contributed by atoms with Crippen molar-refractivity contribution < 1.29 is 0 Å². The van der Waals surface area contributed by atoms with Gasteiger partial charge in [-0.2, -0.15) is 0 Å². The Morgan fingerprint density at radius 2 is 2.29 bits per heavy atom. The molecule has 0 radical (unpaired) electrons. The Bertz CT molecular complexity index is 376. The predicted octanol–water partition coefficient (Wildman–Crippen LogP) is 3.01. The molecular formula is C12H14N2. The van der Waals surface area contributed by atoms with Crippen LogP contribution >= 0.6 is 0 Å². The van der Waals surface area contributed by atoms with Gasteiger partial charge in [0.15, 0.2) is 0 Å². The van der Waals surface area contributed by atoms with Gasteiger partial charge in [0.05, 0.1) is 0 Å². The van der Waals surface area contributed by atoms with Crippen molar-refractivity contribution in [3.8, 4) is 0 Å². The summed E-state index contributed by atoms with van der Waals surface area (Å²) in [5.74, 6) is 0. The standard InChI is InChI=1S/C12H14N2/c1-4-11(5-6-13-3)12-7-10(2)8-14-9-12/h4-9H,3H2,1-2H3/b6-5-,11-4+. The fraction of sp³-hybridized carbons (Fsp3) is 0.167. The molecule has 0 N–H and O–H groups in total. The Hall–Kier alpha value is -1.70. The number of aromatic nitrogens is 1. The Balaban J connectivity index is 3.02. The second kappa shape index (κ2) is 5.12. The Morgan fingerprint density at radius 1 is 1.50 bits per heavy atom. The van der Waals surface area contributed by atoms with E-state index in [2.05, 4.69) is 22.8 Å². The van der Waals surface area contributed by atoms with Crippen LogP contribution in [0.3, 0.4) is 0 Å². The average molecular weight is 186 g/mol. The van der Waals surface area contributed by atoms with Crippen LogP contribution < -0.4 is 0 Å². The van der Waals surface area contributed by atoms with Gasteiger partial charge in [-0.3, -0.25) is 9.98 Å². The maximum atomic E-state index is 4.14. The molecule has 0 bridgehead atoms. The monoisotopic (exact) mass is 186 g/mol. The van der Waals surface area contributed by atoms with Crippen molar-refractivity contribution in [2.45, 2.75) is 13.8 Å². The first-order valence-electron chi connectivity index (χ1n) is 4.48. The molecule has 0 unspecified atom stereocenters. The third-order valence-corrected chi connectivity index (χ3v) is 1.88. The van der Waals surface area contributed by atoms with E-state index in [1.807, 2.05) is 38.4 Å². The number of allylic oxidation sites excluding steroid dienone is 3. The van der Waals surface area contributed by atoms with E-state index in [1.165, 1.54) is 0 Å². The highest BCUT2D eigenvalue weighted by atomic mass is 14.6. The van der Waals surface area contributed by atoms with Crippen LogP contribution in [-0.2, 0) is 0 Å². The van der Waals surface area contributed by atoms with Crippen LogP contribution in [0, 0.1) is 6.92 Å². The number of pyridine rings is 1. The second-order valence-electron chi connectivity index (χ2n) is 2.99. The summed E-state index contributed by atoms with van der Waals surface area (Å²) in [4.78, 5) is 7.82. The van der Waals surface area contributed by atoms with E-state index in [0.29, 0.717) is 0 Å². The molecule has 2 heteroatoms. The molecule has 0 spiro atoms. The lowest BCUT2D eigenvalue weighted by Gasteiger charge is -2.01. The molecule has 0 saturated heterocycles. The minimum Gasteiger partial charge on any atom is -0.272 e. The predicted molar refractivity (Wildman–Crippen MR) is 61.3 cm³/mol. The fourth-order valence-electron chi connectivity index (χ4n) is 1.20. The molecule has 0 aliphatic rings. The zero-order chi connectivity index (χ0) is 10.4. The first kappa shape index (κ1) is 10.4. The van der Waals surface area contributed by atoms with E-state index in [4.69, 9.17) is 0 Å². The highest BCUT2D eigenvalue weighted by Gasteiger charge is 1.96. The molecule has 1 aromatic rings. The van der Waals surface area contributed by atoms with Crippen LogP contribution in [-0.4, -0.2) is 11.7 Å². The van der Waals surface area contributed by atoms with Crippen LogP contribution in [0.5, 0.6) is 0 Å². The molecule has 0 aliphatic heterocycles. The first-order valence-corrected chi connectivity index (χ1v) is 4.48. The van der Waals surface area contributed by atoms with Gasteiger partial charge in [-0.05, 0) is 49.4 Å². The quantitative estimate of drug-likeness (QED) is 0.526. The van der Waals surface area contributed by atoms with Gasteiger partial charge in [0, 0.05) is 18.6 Å². The molecule has 0 saturated carbocycles. The van der Waals surface area contributed by atoms with Crippen molar-refractivity contribution in [2.24, 2.45) is 4.99 Å². The molecule has 1 aromatic heterocycles. The number of aliphatic imine (C=N–C) groups is 1. The molecule has 1 heterocycles. The molecule has 0 amide bonds. The highest BCUT2D eigenvalue weighted by Crippen LogP contribution is 2.15. The Kier molecular flexibility index (Phi) is 3.80. The molecule has 14 heavy (non-hydrogen) atoms. The minimum absolute atomic E-state index is 1.10. The third kappa shape index (κ3) is 2.66. The number of hydrogen-bond donors (Lipinski definition) is 0. The Labute approximate surface area is 84.7 Å². The van der Waals surface area contributed by atoms with Crippen LogP contribution in [0.15, 0.2) is 41.8 Å². The summed E-state index contributed by atoms with van der Waals surface area (Å²) in [5.41, 5.74) is 3.36. The van der Waals surface area contributed by atoms with Crippen LogP contribution in [0.1, 0.15) is 18.1 Å². The molecule has 72 valence electrons. The molecule has 1 rings (SSSR count). The van der Waals surface area contributed by atoms with E-state index in [9.17, 15) is 0 Å². The molecule has 0 aromatic carbocycles. The number of nitrogens with zero attached hydrogens (tertiary/aromatic N) is 2. The first-order chi connectivity index (χ1) is 6.77. The summed E-state index contributed by atoms with van der Waals surface area (Å²) in [6.07, 6.45) is 9.31. The van der Waals surface area contributed by atoms with E-state index < -0.39 is 0 Å². The third-order valence-electron chi connectivity index (χ3n) is 1.88. The second-order valence-corrected chi connectivity index (χ2v) is 2.99. The van der Waals surface area contributed by atoms with Gasteiger partial charge >= 0.3 is 0 Å². The van der Waals surface area contributed by atoms with Crippen molar-refractivity contribution in [3.63, 3.8) is 0 Å². The van der Waals surface area contributed by atoms with Crippen LogP contribution in [0.4, 0.5) is 0 Å². The van der Waals surface area contributed by atoms with E-state index >= 15 is 0 Å². The lowest BCUT2D eigenvalue weighted by Crippen LogP contribution is -1.84. The maximum Gasteiger partial charge on any atom is 0.0346 e. The van der Waals surface area contributed by atoms with E-state index in [-0.39, 0.29) is 0 Å². The lowest BCUT2D eigenvalue weighted by atomic mass is 10.1. The minimum atomic E-state index is 1.10. The van der Waals surface area contributed by atoms with Gasteiger partial charge in [0.25, 0.3) is 0 Å². The molecular weight excluding hydrogens is 172 g/mol. The van der Waals surface area contributed by atoms with Gasteiger partial charge in [-0.15, -0.1) is 0 Å². The fourth-order valence-corrected chi connectivity index (χ4v) is 1.20. The largest absolute Gasteiger partial charge is 0.272 e. The summed E-state index contributed by atoms with van der Waals surface area (Å²) >= 11 is 0. The molecule has 0 atom stereocenters. The van der Waals surface area contributed by atoms with E-state index in [0.717, 1.165) is 16.7 Å². The van der Waals surface area contributed by atoms with Gasteiger partial charge in [-0.25, -0.2) is 0 Å². The summed E-state index contributed by atoms with van der Waals surface area (Å²) in [7, 11) is 0. The summed E-state index contributed by atoms with van der Waals surface area (Å²) in [6.45, 7) is 7.42. The van der Waals surface area contributed by atoms with Crippen molar-refractivity contribution in [2.75, 3.05) is 0 Å². The number of rotatable bonds is 3. The average Bonchev–Trinajstić information content (AvgIpc) is 2.19. The molecule has 0 fully saturated rings. The van der Waals surface area contributed by atoms with Crippen molar-refractivity contribution in [1.29, 1.82) is 0 Å². The highest BCUT2D eigenvalue weighted by molar-refractivity contribution is 5.73. The summed E-state index contributed by atoms with van der Waals surface area (Å²) < 4.78 is 0. The van der Waals surface area contributed by atoms with Gasteiger partial charge in [0.2, 0.25) is 0 Å². The summed E-state index contributed by atoms with van der Waals surface area (Å²) in [6, 6.07) is 2.09. The maximum absolute atomic E-state index is 4.14. The van der Waals surface area contributed by atoms with Crippen molar-refractivity contribution in [3.05, 3.63) is 47.9 Å². The van der Waals surface area contributed by atoms with E-state index in [1.54, 1.807) is 6.20 Å². The SMILES string of the molecule is C=N/C=C\C(=C/C)c1cncc(C)c1. The zero-order valence-electron chi connectivity index (χ0n) is 8.57. The topological polar surface area (TPSA) is 25.2 Å². The van der Waals surface area contributed by atoms with Crippen molar-refractivity contribution >= 4 is 12.3 Å². The number of hydrogen-bond acceptors (Lipinski definition) is 2. The van der Waals surface area contributed by atoms with Crippen LogP contribution in [0.25, 0.3) is 5.57 Å². The van der Waals surface area contributed by atoms with Gasteiger partial charge in [-0.1, -0.05) is 6.08 Å². The molecule has 0 aliphatic carbocycles. The smallest absolute Gasteiger partial charge is 0.0346 e. The van der Waals surface area contributed by atoms with Gasteiger partial charge < -0.3 is 0 Å². The zero-order valence-corrected chi connectivity index (χ0v) is 8.57. The summed E-state index contributed by atoms with van der Waals surface area (Å²) in [5, 5.41) is 0. The van der Waals surface area contributed by atoms with Gasteiger partial charge in [0.1, 0.15) is 0 Å². The van der Waals surface area contributed by atoms with Crippen LogP contribution in [0.2, 0.25) is 0 Å². The Morgan fingerprint density at radius 3 is 2.86 bits per heavy atom.